The molecule has 0 bridgehead atoms. The highest BCUT2D eigenvalue weighted by atomic mass is 35.6. The molecule has 1 saturated heterocycles. The highest BCUT2D eigenvalue weighted by molar-refractivity contribution is 7.94. The van der Waals surface area contributed by atoms with E-state index in [0.717, 1.165) is 14.8 Å². The number of H-pyrrole nitrogens is 1. The van der Waals surface area contributed by atoms with Crippen LogP contribution in [0.25, 0.3) is 33.5 Å². The van der Waals surface area contributed by atoms with Crippen molar-refractivity contribution in [2.45, 2.75) is 38.5 Å². The SMILES string of the molecule is COc1ccc(CN(Cc2ccc(OC)cc2)S(=O)(=O)c2c(S(=O)(=O)C3CN(C(=O)O)C3)ccc(-c3cccc4[nH]c(C(Cl)(Cl)Cl)nc34)c2-c2nnn(Cc3ccc(OC)cc3)n2)cc1. The van der Waals surface area contributed by atoms with E-state index in [0.29, 0.717) is 39.5 Å². The Morgan fingerprint density at radius 1 is 0.785 bits per heavy atom. The predicted octanol–water partition coefficient (Wildman–Crippen LogP) is 7.31. The van der Waals surface area contributed by atoms with Crippen LogP contribution in [0.2, 0.25) is 0 Å². The number of carboxylic acid groups (broad SMARTS) is 1. The molecule has 0 aliphatic carbocycles. The molecule has 1 aliphatic heterocycles. The number of sulfonamides is 1. The zero-order valence-corrected chi connectivity index (χ0v) is 38.6. The first-order valence-electron chi connectivity index (χ1n) is 19.6. The third-order valence-corrected chi connectivity index (χ3v) is 15.5. The Labute approximate surface area is 388 Å². The number of fused-ring (bicyclic) bond motifs is 1. The molecular formula is C43H39Cl3N8O9S2. The van der Waals surface area contributed by atoms with Gasteiger partial charge < -0.3 is 29.2 Å². The van der Waals surface area contributed by atoms with Gasteiger partial charge in [-0.05, 0) is 76.0 Å². The summed E-state index contributed by atoms with van der Waals surface area (Å²) in [6, 6.07) is 28.3. The molecule has 1 fully saturated rings. The van der Waals surface area contributed by atoms with Crippen molar-refractivity contribution in [3.63, 3.8) is 0 Å². The fourth-order valence-electron chi connectivity index (χ4n) is 7.37. The van der Waals surface area contributed by atoms with E-state index in [-0.39, 0.29) is 47.9 Å². The number of tetrazole rings is 1. The summed E-state index contributed by atoms with van der Waals surface area (Å²) in [6.45, 7) is -1.17. The monoisotopic (exact) mass is 980 g/mol. The number of rotatable bonds is 15. The van der Waals surface area contributed by atoms with Crippen LogP contribution in [0.5, 0.6) is 17.2 Å². The van der Waals surface area contributed by atoms with Crippen molar-refractivity contribution in [3.8, 4) is 39.8 Å². The summed E-state index contributed by atoms with van der Waals surface area (Å²) >= 11 is 18.8. The van der Waals surface area contributed by atoms with E-state index in [9.17, 15) is 18.3 Å². The van der Waals surface area contributed by atoms with Gasteiger partial charge in [0.15, 0.2) is 15.7 Å². The second-order valence-electron chi connectivity index (χ2n) is 14.9. The number of hydrogen-bond acceptors (Lipinski definition) is 12. The number of methoxy groups -OCH3 is 3. The first-order valence-corrected chi connectivity index (χ1v) is 23.7. The van der Waals surface area contributed by atoms with Gasteiger partial charge in [0, 0.05) is 31.7 Å². The minimum absolute atomic E-state index is 0.0276. The Morgan fingerprint density at radius 2 is 1.34 bits per heavy atom. The minimum atomic E-state index is -4.99. The number of aromatic amines is 1. The number of carbonyl (C=O) groups is 1. The zero-order valence-electron chi connectivity index (χ0n) is 34.7. The molecule has 1 amide bonds. The van der Waals surface area contributed by atoms with Gasteiger partial charge >= 0.3 is 6.09 Å². The molecule has 17 nitrogen and oxygen atoms in total. The number of alkyl halides is 3. The van der Waals surface area contributed by atoms with E-state index >= 15 is 8.42 Å². The van der Waals surface area contributed by atoms with Crippen molar-refractivity contribution in [1.82, 2.24) is 39.4 Å². The summed E-state index contributed by atoms with van der Waals surface area (Å²) in [5.41, 5.74) is 2.74. The molecule has 0 spiro atoms. The van der Waals surface area contributed by atoms with Gasteiger partial charge in [0.2, 0.25) is 19.6 Å². The lowest BCUT2D eigenvalue weighted by molar-refractivity contribution is 0.120. The van der Waals surface area contributed by atoms with Crippen LogP contribution in [-0.2, 0) is 43.3 Å². The molecule has 2 N–H and O–H groups in total. The van der Waals surface area contributed by atoms with Gasteiger partial charge in [-0.3, -0.25) is 0 Å². The summed E-state index contributed by atoms with van der Waals surface area (Å²) in [5, 5.41) is 21.7. The smallest absolute Gasteiger partial charge is 0.407 e. The molecule has 5 aromatic carbocycles. The summed E-state index contributed by atoms with van der Waals surface area (Å²) in [7, 11) is -5.06. The van der Waals surface area contributed by atoms with Crippen LogP contribution in [0.3, 0.4) is 0 Å². The number of hydrogen-bond donors (Lipinski definition) is 2. The molecule has 0 radical (unpaired) electrons. The molecule has 0 saturated carbocycles. The van der Waals surface area contributed by atoms with Crippen molar-refractivity contribution in [2.75, 3.05) is 34.4 Å². The molecule has 338 valence electrons. The Balaban J connectivity index is 1.41. The highest BCUT2D eigenvalue weighted by Crippen LogP contribution is 2.45. The maximum Gasteiger partial charge on any atom is 0.407 e. The van der Waals surface area contributed by atoms with Crippen molar-refractivity contribution in [2.24, 2.45) is 0 Å². The highest BCUT2D eigenvalue weighted by Gasteiger charge is 2.45. The predicted molar refractivity (Wildman–Crippen MR) is 243 cm³/mol. The number of ether oxygens (including phenoxy) is 3. The van der Waals surface area contributed by atoms with E-state index < -0.39 is 57.9 Å². The van der Waals surface area contributed by atoms with E-state index in [2.05, 4.69) is 25.4 Å². The average Bonchev–Trinajstić information content (AvgIpc) is 3.94. The van der Waals surface area contributed by atoms with Crippen LogP contribution >= 0.6 is 34.8 Å². The number of nitrogens with zero attached hydrogens (tertiary/aromatic N) is 7. The van der Waals surface area contributed by atoms with Gasteiger partial charge in [0.1, 0.15) is 27.4 Å². The molecule has 0 unspecified atom stereocenters. The molecule has 7 aromatic rings. The maximum atomic E-state index is 16.0. The molecule has 1 aliphatic rings. The van der Waals surface area contributed by atoms with Crippen molar-refractivity contribution < 1.29 is 40.9 Å². The summed E-state index contributed by atoms with van der Waals surface area (Å²) in [5.74, 6) is 1.42. The summed E-state index contributed by atoms with van der Waals surface area (Å²) < 4.78 is 77.1. The summed E-state index contributed by atoms with van der Waals surface area (Å²) in [4.78, 5) is 20.4. The third-order valence-electron chi connectivity index (χ3n) is 10.9. The number of aromatic nitrogens is 6. The quantitative estimate of drug-likeness (QED) is 0.0967. The van der Waals surface area contributed by atoms with Crippen LogP contribution in [0.15, 0.2) is 113 Å². The Hall–Kier alpha value is -5.96. The number of likely N-dealkylation sites (tertiary alicyclic amines) is 1. The van der Waals surface area contributed by atoms with Gasteiger partial charge in [0.05, 0.1) is 49.4 Å². The Morgan fingerprint density at radius 3 is 1.86 bits per heavy atom. The number of benzene rings is 5. The summed E-state index contributed by atoms with van der Waals surface area (Å²) in [6.07, 6.45) is -1.32. The lowest BCUT2D eigenvalue weighted by Crippen LogP contribution is -2.56. The van der Waals surface area contributed by atoms with Crippen LogP contribution in [0.1, 0.15) is 22.5 Å². The van der Waals surface area contributed by atoms with Crippen molar-refractivity contribution in [3.05, 3.63) is 126 Å². The van der Waals surface area contributed by atoms with Crippen LogP contribution in [0.4, 0.5) is 4.79 Å². The number of para-hydroxylation sites is 1. The second-order valence-corrected chi connectivity index (χ2v) is 21.3. The van der Waals surface area contributed by atoms with Gasteiger partial charge in [-0.25, -0.2) is 26.6 Å². The largest absolute Gasteiger partial charge is 0.497 e. The molecule has 3 heterocycles. The lowest BCUT2D eigenvalue weighted by atomic mass is 9.98. The number of amides is 1. The van der Waals surface area contributed by atoms with Crippen LogP contribution in [-0.4, -0.2) is 107 Å². The van der Waals surface area contributed by atoms with Crippen molar-refractivity contribution >= 4 is 71.8 Å². The molecule has 8 rings (SSSR count). The Kier molecular flexibility index (Phi) is 12.7. The van der Waals surface area contributed by atoms with Gasteiger partial charge in [-0.15, -0.1) is 10.2 Å². The number of halogens is 3. The Bertz CT molecular complexity index is 3050. The fraction of sp³-hybridized carbons (Fsp3) is 0.233. The van der Waals surface area contributed by atoms with E-state index in [1.54, 1.807) is 98.1 Å². The first kappa shape index (κ1) is 45.6. The molecule has 2 aromatic heterocycles. The first-order chi connectivity index (χ1) is 31.0. The van der Waals surface area contributed by atoms with Crippen molar-refractivity contribution in [1.29, 1.82) is 0 Å². The lowest BCUT2D eigenvalue weighted by Gasteiger charge is -2.37. The normalized spacial score (nSPS) is 13.6. The number of imidazole rings is 1. The van der Waals surface area contributed by atoms with Gasteiger partial charge in [-0.1, -0.05) is 89.4 Å². The second kappa shape index (κ2) is 18.1. The zero-order chi connectivity index (χ0) is 46.3. The molecule has 65 heavy (non-hydrogen) atoms. The number of nitrogens with one attached hydrogen (secondary N) is 1. The van der Waals surface area contributed by atoms with E-state index in [1.807, 2.05) is 0 Å². The van der Waals surface area contributed by atoms with E-state index in [4.69, 9.17) is 49.0 Å². The molecule has 0 atom stereocenters. The maximum absolute atomic E-state index is 16.0. The average molecular weight is 982 g/mol. The third kappa shape index (κ3) is 9.29. The standard InChI is InChI=1S/C43H39Cl3N8O9S2/c1-61-29-13-7-26(8-14-29)21-53(22-27-9-15-30(62-2)16-10-27)65(59,60)39-36(64(57,58)32-24-52(25-32)42(55)56)20-19-33(34-5-4-6-35-38(34)48-41(47-35)43(44,45)46)37(39)40-49-51-54(50-40)23-28-11-17-31(63-3)18-12-28/h4-20,32H,21-25H2,1-3H3,(H,47,48)(H,55,56). The molecular weight excluding hydrogens is 943 g/mol. The van der Waals surface area contributed by atoms with Crippen LogP contribution in [0, 0.1) is 0 Å². The topological polar surface area (TPSA) is 212 Å². The van der Waals surface area contributed by atoms with Gasteiger partial charge in [0.25, 0.3) is 0 Å². The van der Waals surface area contributed by atoms with E-state index in [1.165, 1.54) is 31.1 Å². The fourth-order valence-corrected chi connectivity index (χ4v) is 11.7. The number of sulfone groups is 1. The minimum Gasteiger partial charge on any atom is -0.497 e. The van der Waals surface area contributed by atoms with Crippen LogP contribution < -0.4 is 14.2 Å². The molecule has 22 heteroatoms. The van der Waals surface area contributed by atoms with Gasteiger partial charge in [-0.2, -0.15) is 9.10 Å².